The second-order valence-electron chi connectivity index (χ2n) is 8.28. The van der Waals surface area contributed by atoms with E-state index in [2.05, 4.69) is 32.0 Å². The van der Waals surface area contributed by atoms with Gasteiger partial charge in [-0.1, -0.05) is 11.6 Å². The van der Waals surface area contributed by atoms with Gasteiger partial charge in [-0.15, -0.1) is 0 Å². The van der Waals surface area contributed by atoms with Crippen LogP contribution in [0.3, 0.4) is 0 Å². The van der Waals surface area contributed by atoms with Crippen molar-refractivity contribution >= 4 is 46.6 Å². The van der Waals surface area contributed by atoms with Gasteiger partial charge in [0.1, 0.15) is 17.5 Å². The van der Waals surface area contributed by atoms with Gasteiger partial charge in [0.15, 0.2) is 5.82 Å². The molecule has 3 aromatic rings. The van der Waals surface area contributed by atoms with Gasteiger partial charge in [0.05, 0.1) is 10.5 Å². The molecule has 0 bridgehead atoms. The van der Waals surface area contributed by atoms with Crippen molar-refractivity contribution in [3.05, 3.63) is 58.9 Å². The molecule has 178 valence electrons. The van der Waals surface area contributed by atoms with Crippen LogP contribution in [-0.4, -0.2) is 46.8 Å². The maximum absolute atomic E-state index is 13.9. The smallest absolute Gasteiger partial charge is 0.163 e. The number of nitrogen functional groups attached to an aromatic ring is 1. The van der Waals surface area contributed by atoms with Crippen LogP contribution in [0.1, 0.15) is 25.3 Å². The highest BCUT2D eigenvalue weighted by molar-refractivity contribution is 8.00. The minimum absolute atomic E-state index is 0.268. The maximum Gasteiger partial charge on any atom is 0.163 e. The summed E-state index contributed by atoms with van der Waals surface area (Å²) >= 11 is 7.10. The zero-order valence-electron chi connectivity index (χ0n) is 19.0. The van der Waals surface area contributed by atoms with Crippen LogP contribution >= 0.6 is 23.5 Å². The first-order chi connectivity index (χ1) is 16.3. The average molecular weight is 500 g/mol. The summed E-state index contributed by atoms with van der Waals surface area (Å²) in [6.07, 6.45) is 2.51. The maximum atomic E-state index is 13.9. The number of halogens is 2. The SMILES string of the molecule is CC(=N)c1c(N)nc(-c2ccc(NSc3cc(Cl)ccc3F)cc2)nc1NCCN(C)C1CC1. The molecule has 1 aromatic heterocycles. The minimum atomic E-state index is -0.340. The number of anilines is 3. The Labute approximate surface area is 208 Å². The molecular weight excluding hydrogens is 473 g/mol. The summed E-state index contributed by atoms with van der Waals surface area (Å²) in [6.45, 7) is 3.26. The summed E-state index contributed by atoms with van der Waals surface area (Å²) in [5.74, 6) is 0.964. The lowest BCUT2D eigenvalue weighted by molar-refractivity contribution is 0.337. The largest absolute Gasteiger partial charge is 0.383 e. The molecule has 0 saturated heterocycles. The first-order valence-corrected chi connectivity index (χ1v) is 12.2. The predicted molar refractivity (Wildman–Crippen MR) is 139 cm³/mol. The zero-order valence-corrected chi connectivity index (χ0v) is 20.6. The fourth-order valence-electron chi connectivity index (χ4n) is 3.51. The molecule has 0 aliphatic heterocycles. The molecule has 5 N–H and O–H groups in total. The summed E-state index contributed by atoms with van der Waals surface area (Å²) in [4.78, 5) is 11.9. The third-order valence-corrected chi connectivity index (χ3v) is 6.66. The first kappa shape index (κ1) is 24.3. The molecule has 1 saturated carbocycles. The van der Waals surface area contributed by atoms with Gasteiger partial charge in [0, 0.05) is 41.1 Å². The van der Waals surface area contributed by atoms with Crippen LogP contribution in [-0.2, 0) is 0 Å². The molecule has 34 heavy (non-hydrogen) atoms. The summed E-state index contributed by atoms with van der Waals surface area (Å²) in [5, 5.41) is 11.9. The van der Waals surface area contributed by atoms with E-state index < -0.39 is 0 Å². The fraction of sp³-hybridized carbons (Fsp3) is 0.292. The molecule has 0 radical (unpaired) electrons. The van der Waals surface area contributed by atoms with Gasteiger partial charge in [-0.2, -0.15) is 0 Å². The quantitative estimate of drug-likeness (QED) is 0.215. The molecule has 0 unspecified atom stereocenters. The van der Waals surface area contributed by atoms with Crippen molar-refractivity contribution in [3.8, 4) is 11.4 Å². The van der Waals surface area contributed by atoms with Gasteiger partial charge in [-0.25, -0.2) is 14.4 Å². The Balaban J connectivity index is 1.48. The Kier molecular flexibility index (Phi) is 7.55. The second kappa shape index (κ2) is 10.6. The lowest BCUT2D eigenvalue weighted by atomic mass is 10.1. The first-order valence-electron chi connectivity index (χ1n) is 11.0. The van der Waals surface area contributed by atoms with Crippen molar-refractivity contribution in [2.75, 3.05) is 35.9 Å². The van der Waals surface area contributed by atoms with Crippen LogP contribution in [0.2, 0.25) is 5.02 Å². The number of nitrogens with one attached hydrogen (secondary N) is 3. The van der Waals surface area contributed by atoms with Crippen LogP contribution in [0.25, 0.3) is 11.4 Å². The molecule has 10 heteroatoms. The molecule has 0 atom stereocenters. The van der Waals surface area contributed by atoms with Gasteiger partial charge in [-0.05, 0) is 81.2 Å². The number of nitrogens with zero attached hydrogens (tertiary/aromatic N) is 3. The van der Waals surface area contributed by atoms with Crippen LogP contribution in [0.5, 0.6) is 0 Å². The van der Waals surface area contributed by atoms with Crippen molar-refractivity contribution in [1.29, 1.82) is 5.41 Å². The summed E-state index contributed by atoms with van der Waals surface area (Å²) in [5.41, 5.74) is 8.62. The predicted octanol–water partition coefficient (Wildman–Crippen LogP) is 5.53. The third kappa shape index (κ3) is 5.97. The molecule has 0 spiro atoms. The van der Waals surface area contributed by atoms with E-state index in [9.17, 15) is 4.39 Å². The number of nitrogens with two attached hydrogens (primary N) is 1. The number of likely N-dealkylation sites (N-methyl/N-ethyl adjacent to an activating group) is 1. The van der Waals surface area contributed by atoms with E-state index in [1.165, 1.54) is 25.0 Å². The lowest BCUT2D eigenvalue weighted by Gasteiger charge is -2.18. The van der Waals surface area contributed by atoms with Crippen molar-refractivity contribution < 1.29 is 4.39 Å². The fourth-order valence-corrected chi connectivity index (χ4v) is 4.46. The van der Waals surface area contributed by atoms with Crippen LogP contribution < -0.4 is 15.8 Å². The van der Waals surface area contributed by atoms with Gasteiger partial charge >= 0.3 is 0 Å². The highest BCUT2D eigenvalue weighted by Gasteiger charge is 2.25. The Bertz CT molecular complexity index is 1180. The molecule has 4 rings (SSSR count). The normalized spacial score (nSPS) is 13.2. The second-order valence-corrected chi connectivity index (χ2v) is 9.56. The van der Waals surface area contributed by atoms with Crippen molar-refractivity contribution in [3.63, 3.8) is 0 Å². The number of rotatable bonds is 10. The van der Waals surface area contributed by atoms with E-state index in [0.29, 0.717) is 45.4 Å². The van der Waals surface area contributed by atoms with Crippen molar-refractivity contribution in [1.82, 2.24) is 14.9 Å². The summed E-state index contributed by atoms with van der Waals surface area (Å²) < 4.78 is 17.0. The van der Waals surface area contributed by atoms with E-state index in [1.807, 2.05) is 24.3 Å². The Morgan fingerprint density at radius 1 is 1.24 bits per heavy atom. The molecule has 1 aliphatic carbocycles. The van der Waals surface area contributed by atoms with E-state index in [0.717, 1.165) is 29.7 Å². The van der Waals surface area contributed by atoms with E-state index in [1.54, 1.807) is 13.0 Å². The Morgan fingerprint density at radius 2 is 1.97 bits per heavy atom. The lowest BCUT2D eigenvalue weighted by Crippen LogP contribution is -2.27. The van der Waals surface area contributed by atoms with Crippen molar-refractivity contribution in [2.24, 2.45) is 0 Å². The molecule has 2 aromatic carbocycles. The molecule has 7 nitrogen and oxygen atoms in total. The average Bonchev–Trinajstić information content (AvgIpc) is 3.65. The monoisotopic (exact) mass is 499 g/mol. The number of hydrogen-bond acceptors (Lipinski definition) is 8. The number of hydrogen-bond donors (Lipinski definition) is 4. The number of benzene rings is 2. The minimum Gasteiger partial charge on any atom is -0.383 e. The summed E-state index contributed by atoms with van der Waals surface area (Å²) in [7, 11) is 2.12. The molecule has 1 aliphatic rings. The zero-order chi connectivity index (χ0) is 24.2. The standard InChI is InChI=1S/C24H27ClFN7S/c1-14(27)21-22(28)30-23(31-24(21)29-11-12-33(2)18-8-9-18)15-3-6-17(7-4-15)32-34-20-13-16(25)5-10-19(20)26/h3-7,10,13,18,27,32H,8-9,11-12H2,1-2H3,(H3,28,29,30,31). The van der Waals surface area contributed by atoms with Crippen LogP contribution in [0.4, 0.5) is 21.7 Å². The van der Waals surface area contributed by atoms with Crippen molar-refractivity contribution in [2.45, 2.75) is 30.7 Å². The third-order valence-electron chi connectivity index (χ3n) is 5.55. The van der Waals surface area contributed by atoms with E-state index >= 15 is 0 Å². The van der Waals surface area contributed by atoms with E-state index in [4.69, 9.17) is 22.7 Å². The van der Waals surface area contributed by atoms with Crippen LogP contribution in [0, 0.1) is 11.2 Å². The van der Waals surface area contributed by atoms with Gasteiger partial charge in [-0.3, -0.25) is 0 Å². The Morgan fingerprint density at radius 3 is 2.65 bits per heavy atom. The highest BCUT2D eigenvalue weighted by Crippen LogP contribution is 2.29. The topological polar surface area (TPSA) is 103 Å². The molecule has 0 amide bonds. The highest BCUT2D eigenvalue weighted by atomic mass is 35.5. The van der Waals surface area contributed by atoms with Gasteiger partial charge in [0.2, 0.25) is 0 Å². The van der Waals surface area contributed by atoms with Crippen LogP contribution in [0.15, 0.2) is 47.4 Å². The van der Waals surface area contributed by atoms with Gasteiger partial charge < -0.3 is 26.1 Å². The molecule has 1 fully saturated rings. The molecular formula is C24H27ClFN7S. The van der Waals surface area contributed by atoms with Gasteiger partial charge in [0.25, 0.3) is 0 Å². The summed E-state index contributed by atoms with van der Waals surface area (Å²) in [6, 6.07) is 12.6. The molecule has 1 heterocycles. The Hall–Kier alpha value is -2.88. The number of aromatic nitrogens is 2. The van der Waals surface area contributed by atoms with E-state index in [-0.39, 0.29) is 11.6 Å².